The van der Waals surface area contributed by atoms with E-state index in [1.54, 1.807) is 24.5 Å². The van der Waals surface area contributed by atoms with Crippen molar-refractivity contribution in [1.82, 2.24) is 19.7 Å². The van der Waals surface area contributed by atoms with E-state index in [1.807, 2.05) is 60.7 Å². The van der Waals surface area contributed by atoms with Crippen molar-refractivity contribution in [2.75, 3.05) is 5.32 Å². The minimum atomic E-state index is -0.548. The highest BCUT2D eigenvalue weighted by atomic mass is 16.3. The number of aromatic amines is 1. The molecule has 8 nitrogen and oxygen atoms in total. The molecule has 0 fully saturated rings. The Balaban J connectivity index is 1.43. The van der Waals surface area contributed by atoms with E-state index >= 15 is 0 Å². The third-order valence-electron chi connectivity index (χ3n) is 6.64. The maximum atomic E-state index is 13.8. The predicted octanol–water partition coefficient (Wildman–Crippen LogP) is 4.87. The SMILES string of the molecule is O=C(Nc1cc(-c2ccco2)nn1-c1nc2c(c(=O)[nH]1)CCCC2)C(c1ccccc1)c1ccccc1. The Kier molecular flexibility index (Phi) is 5.98. The lowest BCUT2D eigenvalue weighted by Crippen LogP contribution is -2.26. The fraction of sp³-hybridized carbons (Fsp3) is 0.172. The summed E-state index contributed by atoms with van der Waals surface area (Å²) in [5.74, 6) is 0.400. The first-order valence-electron chi connectivity index (χ1n) is 12.3. The smallest absolute Gasteiger partial charge is 0.255 e. The molecule has 3 aromatic heterocycles. The van der Waals surface area contributed by atoms with Crippen LogP contribution in [0.15, 0.2) is 94.3 Å². The first-order valence-corrected chi connectivity index (χ1v) is 12.3. The van der Waals surface area contributed by atoms with Crippen molar-refractivity contribution in [2.24, 2.45) is 0 Å². The summed E-state index contributed by atoms with van der Waals surface area (Å²) in [5, 5.41) is 7.69. The fourth-order valence-corrected chi connectivity index (χ4v) is 4.85. The fourth-order valence-electron chi connectivity index (χ4n) is 4.85. The Hall–Kier alpha value is -4.72. The molecule has 1 aliphatic carbocycles. The number of nitrogens with one attached hydrogen (secondary N) is 2. The van der Waals surface area contributed by atoms with Gasteiger partial charge in [-0.05, 0) is 48.9 Å². The van der Waals surface area contributed by atoms with E-state index in [9.17, 15) is 9.59 Å². The Morgan fingerprint density at radius 1 is 0.946 bits per heavy atom. The summed E-state index contributed by atoms with van der Waals surface area (Å²) in [6.07, 6.45) is 4.98. The second kappa shape index (κ2) is 9.73. The summed E-state index contributed by atoms with van der Waals surface area (Å²) < 4.78 is 7.02. The van der Waals surface area contributed by atoms with E-state index in [1.165, 1.54) is 4.68 Å². The Bertz CT molecular complexity index is 1550. The Labute approximate surface area is 213 Å². The number of aromatic nitrogens is 4. The molecule has 0 aliphatic heterocycles. The number of nitrogens with zero attached hydrogens (tertiary/aromatic N) is 3. The molecule has 5 aromatic rings. The summed E-state index contributed by atoms with van der Waals surface area (Å²) >= 11 is 0. The summed E-state index contributed by atoms with van der Waals surface area (Å²) in [6, 6.07) is 24.5. The van der Waals surface area contributed by atoms with Gasteiger partial charge in [0.2, 0.25) is 11.9 Å². The molecule has 0 saturated carbocycles. The molecule has 0 unspecified atom stereocenters. The predicted molar refractivity (Wildman–Crippen MR) is 140 cm³/mol. The van der Waals surface area contributed by atoms with Crippen molar-refractivity contribution in [2.45, 2.75) is 31.6 Å². The largest absolute Gasteiger partial charge is 0.463 e. The number of furan rings is 1. The first-order chi connectivity index (χ1) is 18.2. The van der Waals surface area contributed by atoms with Gasteiger partial charge in [-0.25, -0.2) is 4.98 Å². The number of carbonyl (C=O) groups excluding carboxylic acids is 1. The normalized spacial score (nSPS) is 12.9. The molecule has 0 saturated heterocycles. The number of benzene rings is 2. The van der Waals surface area contributed by atoms with Crippen LogP contribution in [0.1, 0.15) is 41.1 Å². The highest BCUT2D eigenvalue weighted by Gasteiger charge is 2.26. The van der Waals surface area contributed by atoms with E-state index in [4.69, 9.17) is 9.40 Å². The number of H-pyrrole nitrogens is 1. The lowest BCUT2D eigenvalue weighted by atomic mass is 9.90. The van der Waals surface area contributed by atoms with Gasteiger partial charge in [0.1, 0.15) is 11.5 Å². The van der Waals surface area contributed by atoms with Crippen LogP contribution in [0.25, 0.3) is 17.4 Å². The van der Waals surface area contributed by atoms with Crippen LogP contribution in [-0.4, -0.2) is 25.7 Å². The summed E-state index contributed by atoms with van der Waals surface area (Å²) in [4.78, 5) is 34.3. The van der Waals surface area contributed by atoms with Crippen molar-refractivity contribution in [3.8, 4) is 17.4 Å². The quantitative estimate of drug-likeness (QED) is 0.353. The number of fused-ring (bicyclic) bond motifs is 1. The minimum absolute atomic E-state index is 0.168. The molecular formula is C29H25N5O3. The van der Waals surface area contributed by atoms with Crippen LogP contribution in [0.2, 0.25) is 0 Å². The van der Waals surface area contributed by atoms with Gasteiger partial charge >= 0.3 is 0 Å². The van der Waals surface area contributed by atoms with Crippen molar-refractivity contribution in [3.63, 3.8) is 0 Å². The Morgan fingerprint density at radius 3 is 2.32 bits per heavy atom. The second-order valence-electron chi connectivity index (χ2n) is 9.07. The summed E-state index contributed by atoms with van der Waals surface area (Å²) in [7, 11) is 0. The summed E-state index contributed by atoms with van der Waals surface area (Å²) in [6.45, 7) is 0. The van der Waals surface area contributed by atoms with Crippen LogP contribution in [0.3, 0.4) is 0 Å². The molecule has 1 aliphatic rings. The average molecular weight is 492 g/mol. The minimum Gasteiger partial charge on any atom is -0.463 e. The van der Waals surface area contributed by atoms with Gasteiger partial charge in [0.05, 0.1) is 17.9 Å². The van der Waals surface area contributed by atoms with E-state index in [2.05, 4.69) is 15.4 Å². The zero-order valence-corrected chi connectivity index (χ0v) is 20.1. The van der Waals surface area contributed by atoms with E-state index in [0.29, 0.717) is 23.7 Å². The molecule has 1 amide bonds. The zero-order chi connectivity index (χ0) is 25.2. The third-order valence-corrected chi connectivity index (χ3v) is 6.64. The highest BCUT2D eigenvalue weighted by Crippen LogP contribution is 2.29. The van der Waals surface area contributed by atoms with Crippen LogP contribution >= 0.6 is 0 Å². The highest BCUT2D eigenvalue weighted by molar-refractivity contribution is 5.98. The third kappa shape index (κ3) is 4.49. The molecule has 0 radical (unpaired) electrons. The number of rotatable bonds is 6. The lowest BCUT2D eigenvalue weighted by molar-refractivity contribution is -0.116. The molecule has 37 heavy (non-hydrogen) atoms. The van der Waals surface area contributed by atoms with E-state index in [0.717, 1.165) is 41.6 Å². The van der Waals surface area contributed by atoms with Gasteiger partial charge in [0.25, 0.3) is 5.56 Å². The topological polar surface area (TPSA) is 106 Å². The molecule has 3 heterocycles. The van der Waals surface area contributed by atoms with Gasteiger partial charge in [-0.2, -0.15) is 9.78 Å². The summed E-state index contributed by atoms with van der Waals surface area (Å²) in [5.41, 5.74) is 3.58. The molecule has 2 N–H and O–H groups in total. The molecule has 0 spiro atoms. The van der Waals surface area contributed by atoms with Crippen molar-refractivity contribution in [1.29, 1.82) is 0 Å². The monoisotopic (exact) mass is 491 g/mol. The van der Waals surface area contributed by atoms with E-state index in [-0.39, 0.29) is 17.4 Å². The maximum absolute atomic E-state index is 13.8. The molecular weight excluding hydrogens is 466 g/mol. The van der Waals surface area contributed by atoms with Gasteiger partial charge in [-0.1, -0.05) is 60.7 Å². The van der Waals surface area contributed by atoms with Crippen LogP contribution in [0, 0.1) is 0 Å². The zero-order valence-electron chi connectivity index (χ0n) is 20.1. The molecule has 184 valence electrons. The number of aryl methyl sites for hydroxylation is 1. The Morgan fingerprint density at radius 2 is 1.65 bits per heavy atom. The van der Waals surface area contributed by atoms with Gasteiger partial charge < -0.3 is 9.73 Å². The molecule has 6 rings (SSSR count). The number of amides is 1. The number of hydrogen-bond donors (Lipinski definition) is 2. The van der Waals surface area contributed by atoms with Crippen LogP contribution < -0.4 is 10.9 Å². The lowest BCUT2D eigenvalue weighted by Gasteiger charge is -2.19. The molecule has 2 aromatic carbocycles. The molecule has 8 heteroatoms. The van der Waals surface area contributed by atoms with Gasteiger partial charge in [0, 0.05) is 11.6 Å². The van der Waals surface area contributed by atoms with Crippen LogP contribution in [-0.2, 0) is 17.6 Å². The van der Waals surface area contributed by atoms with Crippen molar-refractivity contribution in [3.05, 3.63) is 118 Å². The van der Waals surface area contributed by atoms with Crippen LogP contribution in [0.5, 0.6) is 0 Å². The standard InChI is InChI=1S/C29H25N5O3/c35-27-21-14-7-8-15-22(21)30-29(32-27)34-25(18-23(33-34)24-16-9-17-37-24)31-28(36)26(19-10-3-1-4-11-19)20-12-5-2-6-13-20/h1-6,9-13,16-18,26H,7-8,14-15H2,(H,31,36)(H,30,32,35). The first kappa shape index (κ1) is 22.7. The van der Waals surface area contributed by atoms with E-state index < -0.39 is 5.92 Å². The number of hydrogen-bond acceptors (Lipinski definition) is 5. The maximum Gasteiger partial charge on any atom is 0.255 e. The van der Waals surface area contributed by atoms with Gasteiger partial charge in [0.15, 0.2) is 5.76 Å². The van der Waals surface area contributed by atoms with Crippen molar-refractivity contribution < 1.29 is 9.21 Å². The molecule has 0 bridgehead atoms. The van der Waals surface area contributed by atoms with Crippen molar-refractivity contribution >= 4 is 11.7 Å². The molecule has 0 atom stereocenters. The number of anilines is 1. The number of carbonyl (C=O) groups is 1. The van der Waals surface area contributed by atoms with Gasteiger partial charge in [-0.15, -0.1) is 0 Å². The van der Waals surface area contributed by atoms with Gasteiger partial charge in [-0.3, -0.25) is 14.6 Å². The second-order valence-corrected chi connectivity index (χ2v) is 9.07. The average Bonchev–Trinajstić information content (AvgIpc) is 3.61. The van der Waals surface area contributed by atoms with Crippen LogP contribution in [0.4, 0.5) is 5.82 Å².